The lowest BCUT2D eigenvalue weighted by Gasteiger charge is -2.15. The molecule has 1 saturated heterocycles. The first-order chi connectivity index (χ1) is 16.1. The van der Waals surface area contributed by atoms with Gasteiger partial charge in [-0.05, 0) is 17.7 Å². The minimum absolute atomic E-state index is 0.280. The van der Waals surface area contributed by atoms with Crippen molar-refractivity contribution in [3.63, 3.8) is 0 Å². The van der Waals surface area contributed by atoms with E-state index in [0.717, 1.165) is 27.9 Å². The molecule has 0 saturated carbocycles. The highest BCUT2D eigenvalue weighted by Gasteiger charge is 2.21. The van der Waals surface area contributed by atoms with E-state index >= 15 is 0 Å². The highest BCUT2D eigenvalue weighted by Crippen LogP contribution is 2.29. The molecule has 0 unspecified atom stereocenters. The summed E-state index contributed by atoms with van der Waals surface area (Å²) in [4.78, 5) is 22.9. The van der Waals surface area contributed by atoms with Crippen LogP contribution in [-0.4, -0.2) is 66.8 Å². The topological polar surface area (TPSA) is 103 Å². The van der Waals surface area contributed by atoms with Crippen molar-refractivity contribution in [2.24, 2.45) is 14.1 Å². The number of hydrogen-bond donors (Lipinski definition) is 1. The van der Waals surface area contributed by atoms with Crippen molar-refractivity contribution in [3.05, 3.63) is 55.1 Å². The number of hydrogen-bond acceptors (Lipinski definition) is 7. The first kappa shape index (κ1) is 20.7. The Morgan fingerprint density at radius 1 is 1.09 bits per heavy atom. The number of aryl methyl sites for hydroxylation is 2. The molecule has 0 bridgehead atoms. The molecule has 33 heavy (non-hydrogen) atoms. The van der Waals surface area contributed by atoms with Gasteiger partial charge in [-0.25, -0.2) is 14.8 Å². The summed E-state index contributed by atoms with van der Waals surface area (Å²) in [5, 5.41) is 12.1. The maximum absolute atomic E-state index is 11.7. The van der Waals surface area contributed by atoms with Crippen molar-refractivity contribution in [1.29, 1.82) is 0 Å². The molecule has 1 fully saturated rings. The Morgan fingerprint density at radius 3 is 2.70 bits per heavy atom. The number of nitrogens with one attached hydrogen (secondary N) is 1. The predicted molar refractivity (Wildman–Crippen MR) is 123 cm³/mol. The zero-order chi connectivity index (χ0) is 22.8. The van der Waals surface area contributed by atoms with E-state index in [0.29, 0.717) is 37.9 Å². The molecule has 168 valence electrons. The molecule has 5 rings (SSSR count). The van der Waals surface area contributed by atoms with E-state index in [9.17, 15) is 4.79 Å². The zero-order valence-corrected chi connectivity index (χ0v) is 18.5. The van der Waals surface area contributed by atoms with Crippen molar-refractivity contribution in [2.45, 2.75) is 0 Å². The number of ether oxygens (including phenoxy) is 1. The summed E-state index contributed by atoms with van der Waals surface area (Å²) in [6, 6.07) is 9.98. The lowest BCUT2D eigenvalue weighted by atomic mass is 10.1. The van der Waals surface area contributed by atoms with E-state index in [1.54, 1.807) is 20.5 Å². The van der Waals surface area contributed by atoms with Crippen LogP contribution in [-0.2, 0) is 18.8 Å². The van der Waals surface area contributed by atoms with E-state index < -0.39 is 0 Å². The maximum atomic E-state index is 11.7. The van der Waals surface area contributed by atoms with Gasteiger partial charge in [-0.15, -0.1) is 0 Å². The lowest BCUT2D eigenvalue weighted by Crippen LogP contribution is -2.30. The van der Waals surface area contributed by atoms with Crippen LogP contribution in [0.4, 0.5) is 10.6 Å². The van der Waals surface area contributed by atoms with E-state index in [4.69, 9.17) is 9.72 Å². The van der Waals surface area contributed by atoms with Crippen LogP contribution >= 0.6 is 0 Å². The number of benzene rings is 1. The Kier molecular flexibility index (Phi) is 5.47. The Labute approximate surface area is 190 Å². The average Bonchev–Trinajstić information content (AvgIpc) is 3.56. The summed E-state index contributed by atoms with van der Waals surface area (Å²) >= 11 is 0. The molecule has 1 N–H and O–H groups in total. The predicted octanol–water partition coefficient (Wildman–Crippen LogP) is 2.81. The second-order valence-corrected chi connectivity index (χ2v) is 7.84. The highest BCUT2D eigenvalue weighted by atomic mass is 16.6. The fourth-order valence-electron chi connectivity index (χ4n) is 3.75. The normalized spacial score (nSPS) is 13.4. The Balaban J connectivity index is 1.45. The first-order valence-corrected chi connectivity index (χ1v) is 10.7. The van der Waals surface area contributed by atoms with Gasteiger partial charge in [0.2, 0.25) is 0 Å². The molecule has 0 radical (unpaired) electrons. The summed E-state index contributed by atoms with van der Waals surface area (Å²) in [5.74, 6) is 1.27. The van der Waals surface area contributed by atoms with Gasteiger partial charge in [0.25, 0.3) is 0 Å². The van der Waals surface area contributed by atoms with Gasteiger partial charge in [-0.1, -0.05) is 18.2 Å². The van der Waals surface area contributed by atoms with Crippen molar-refractivity contribution < 1.29 is 9.53 Å². The monoisotopic (exact) mass is 444 g/mol. The quantitative estimate of drug-likeness (QED) is 0.467. The van der Waals surface area contributed by atoms with E-state index in [-0.39, 0.29) is 6.09 Å². The van der Waals surface area contributed by atoms with Crippen LogP contribution in [0.3, 0.4) is 0 Å². The van der Waals surface area contributed by atoms with Gasteiger partial charge in [-0.3, -0.25) is 9.36 Å². The number of anilines is 1. The number of carbonyl (C=O) groups excluding carboxylic acids is 1. The molecule has 3 aromatic heterocycles. The van der Waals surface area contributed by atoms with Crippen molar-refractivity contribution in [1.82, 2.24) is 34.4 Å². The summed E-state index contributed by atoms with van der Waals surface area (Å²) in [6.07, 6.45) is 7.19. The maximum Gasteiger partial charge on any atom is 0.409 e. The number of cyclic esters (lactones) is 1. The van der Waals surface area contributed by atoms with Gasteiger partial charge in [0.05, 0.1) is 24.0 Å². The summed E-state index contributed by atoms with van der Waals surface area (Å²) in [7, 11) is 3.77. The van der Waals surface area contributed by atoms with Crippen LogP contribution in [0.15, 0.2) is 55.1 Å². The average molecular weight is 444 g/mol. The minimum atomic E-state index is -0.280. The van der Waals surface area contributed by atoms with Crippen LogP contribution in [0.1, 0.15) is 0 Å². The zero-order valence-electron chi connectivity index (χ0n) is 18.5. The number of aromatic nitrogens is 6. The Hall–Kier alpha value is -4.21. The summed E-state index contributed by atoms with van der Waals surface area (Å²) < 4.78 is 8.52. The molecule has 1 aliphatic rings. The Bertz CT molecular complexity index is 1300. The second kappa shape index (κ2) is 8.73. The highest BCUT2D eigenvalue weighted by molar-refractivity contribution is 5.75. The van der Waals surface area contributed by atoms with E-state index in [2.05, 4.69) is 26.6 Å². The smallest absolute Gasteiger partial charge is 0.409 e. The fourth-order valence-corrected chi connectivity index (χ4v) is 3.75. The van der Waals surface area contributed by atoms with Crippen molar-refractivity contribution in [3.8, 4) is 33.8 Å². The van der Waals surface area contributed by atoms with Crippen molar-refractivity contribution in [2.75, 3.05) is 31.6 Å². The summed E-state index contributed by atoms with van der Waals surface area (Å²) in [6.45, 7) is 2.09. The molecule has 1 aliphatic heterocycles. The van der Waals surface area contributed by atoms with Gasteiger partial charge in [-0.2, -0.15) is 10.2 Å². The molecular weight excluding hydrogens is 420 g/mol. The number of nitrogens with zero attached hydrogens (tertiary/aromatic N) is 7. The number of rotatable bonds is 7. The fraction of sp³-hybridized carbons (Fsp3) is 0.261. The van der Waals surface area contributed by atoms with Gasteiger partial charge in [0.1, 0.15) is 12.4 Å². The third-order valence-corrected chi connectivity index (χ3v) is 5.46. The number of amides is 1. The Morgan fingerprint density at radius 2 is 1.97 bits per heavy atom. The number of carbonyl (C=O) groups is 1. The SMILES string of the molecule is Cn1cc(-c2cccc(-c3ncc(-c4ccn(C)n4)c(NCCN4CCOC4=O)n3)c2)cn1. The largest absolute Gasteiger partial charge is 0.448 e. The van der Waals surface area contributed by atoms with Gasteiger partial charge < -0.3 is 15.0 Å². The second-order valence-electron chi connectivity index (χ2n) is 7.84. The van der Waals surface area contributed by atoms with E-state index in [1.165, 1.54) is 0 Å². The molecule has 1 aromatic carbocycles. The molecule has 10 nitrogen and oxygen atoms in total. The van der Waals surface area contributed by atoms with Crippen LogP contribution in [0, 0.1) is 0 Å². The van der Waals surface area contributed by atoms with Crippen LogP contribution in [0.5, 0.6) is 0 Å². The van der Waals surface area contributed by atoms with Gasteiger partial charge in [0.15, 0.2) is 5.82 Å². The summed E-state index contributed by atoms with van der Waals surface area (Å²) in [5.41, 5.74) is 4.54. The third-order valence-electron chi connectivity index (χ3n) is 5.46. The third kappa shape index (κ3) is 4.40. The van der Waals surface area contributed by atoms with Crippen molar-refractivity contribution >= 4 is 11.9 Å². The molecule has 0 atom stereocenters. The van der Waals surface area contributed by atoms with Gasteiger partial charge >= 0.3 is 6.09 Å². The molecule has 4 aromatic rings. The molecule has 0 aliphatic carbocycles. The molecule has 0 spiro atoms. The van der Waals surface area contributed by atoms with E-state index in [1.807, 2.05) is 57.0 Å². The molecular formula is C23H24N8O2. The molecule has 1 amide bonds. The molecule has 4 heterocycles. The van der Waals surface area contributed by atoms with Crippen LogP contribution in [0.2, 0.25) is 0 Å². The minimum Gasteiger partial charge on any atom is -0.448 e. The van der Waals surface area contributed by atoms with Crippen LogP contribution < -0.4 is 5.32 Å². The lowest BCUT2D eigenvalue weighted by molar-refractivity contribution is 0.159. The van der Waals surface area contributed by atoms with Crippen LogP contribution in [0.25, 0.3) is 33.8 Å². The standard InChI is InChI=1S/C23H24N8O2/c1-29-8-6-20(28-29)19-14-25-21(27-22(19)24-7-9-31-10-11-33-23(31)32)17-5-3-4-16(12-17)18-13-26-30(2)15-18/h3-6,8,12-15H,7,9-11H2,1-2H3,(H,24,25,27). The molecule has 10 heteroatoms. The first-order valence-electron chi connectivity index (χ1n) is 10.7. The van der Waals surface area contributed by atoms with Gasteiger partial charge in [0, 0.05) is 56.9 Å².